The summed E-state index contributed by atoms with van der Waals surface area (Å²) < 4.78 is 6.85. The summed E-state index contributed by atoms with van der Waals surface area (Å²) in [5.74, 6) is 0. The molecule has 0 amide bonds. The van der Waals surface area contributed by atoms with Crippen molar-refractivity contribution in [1.82, 2.24) is 0 Å². The van der Waals surface area contributed by atoms with Crippen LogP contribution in [-0.4, -0.2) is 5.49 Å². The first-order valence-corrected chi connectivity index (χ1v) is 36.7. The molecule has 0 radical (unpaired) electrons. The van der Waals surface area contributed by atoms with Crippen molar-refractivity contribution in [3.05, 3.63) is 130 Å². The molecule has 4 aromatic carbocycles. The van der Waals surface area contributed by atoms with Gasteiger partial charge in [-0.1, -0.05) is 0 Å². The molecule has 0 saturated heterocycles. The number of rotatable bonds is 6. The molecule has 6 rings (SSSR count). The van der Waals surface area contributed by atoms with Crippen molar-refractivity contribution < 1.29 is 17.1 Å². The molecule has 0 saturated carbocycles. The second-order valence-corrected chi connectivity index (χ2v) is 63.9. The molecule has 0 N–H and O–H groups in total. The van der Waals surface area contributed by atoms with Gasteiger partial charge in [0.2, 0.25) is 0 Å². The van der Waals surface area contributed by atoms with Crippen molar-refractivity contribution in [1.29, 1.82) is 0 Å². The van der Waals surface area contributed by atoms with Crippen LogP contribution in [0.4, 0.5) is 0 Å². The zero-order valence-corrected chi connectivity index (χ0v) is 36.3. The van der Waals surface area contributed by atoms with Crippen molar-refractivity contribution >= 4 is 17.6 Å². The molecular formula is C46H58HfSi. The Morgan fingerprint density at radius 3 is 1.27 bits per heavy atom. The minimum atomic E-state index is -4.02. The van der Waals surface area contributed by atoms with Gasteiger partial charge in [-0.2, -0.15) is 0 Å². The van der Waals surface area contributed by atoms with Crippen molar-refractivity contribution in [2.24, 2.45) is 0 Å². The van der Waals surface area contributed by atoms with E-state index in [1.165, 1.54) is 44.5 Å². The van der Waals surface area contributed by atoms with E-state index < -0.39 is 22.6 Å². The molecule has 0 nitrogen and oxygen atoms in total. The Bertz CT molecular complexity index is 1870. The average molecular weight is 818 g/mol. The Kier molecular flexibility index (Phi) is 9.07. The molecule has 0 aromatic heterocycles. The first-order valence-electron chi connectivity index (χ1n) is 18.3. The summed E-state index contributed by atoms with van der Waals surface area (Å²) in [6.07, 6.45) is 10.4. The van der Waals surface area contributed by atoms with Gasteiger partial charge < -0.3 is 0 Å². The summed E-state index contributed by atoms with van der Waals surface area (Å²) in [6, 6.07) is 33.0. The van der Waals surface area contributed by atoms with E-state index in [0.717, 1.165) is 0 Å². The van der Waals surface area contributed by atoms with Crippen LogP contribution in [0.5, 0.6) is 0 Å². The zero-order chi connectivity index (χ0) is 34.8. The van der Waals surface area contributed by atoms with Crippen LogP contribution in [-0.2, 0) is 28.0 Å². The minimum absolute atomic E-state index is 0.121. The molecule has 48 heavy (non-hydrogen) atoms. The third-order valence-corrected chi connectivity index (χ3v) is 70.9. The summed E-state index contributed by atoms with van der Waals surface area (Å²) in [7, 11) is 0. The molecule has 0 heterocycles. The van der Waals surface area contributed by atoms with Crippen LogP contribution in [0.3, 0.4) is 0 Å². The van der Waals surface area contributed by atoms with Gasteiger partial charge in [-0.05, 0) is 0 Å². The van der Waals surface area contributed by atoms with Gasteiger partial charge in [0.05, 0.1) is 0 Å². The third kappa shape index (κ3) is 5.87. The third-order valence-electron chi connectivity index (χ3n) is 12.0. The molecule has 2 unspecified atom stereocenters. The van der Waals surface area contributed by atoms with Crippen LogP contribution in [0.2, 0.25) is 20.4 Å². The Labute approximate surface area is 293 Å². The number of benzene rings is 4. The Hall–Kier alpha value is -2.55. The molecule has 2 aliphatic carbocycles. The molecule has 0 aliphatic heterocycles. The van der Waals surface area contributed by atoms with E-state index in [2.05, 4.69) is 188 Å². The number of fused-ring (bicyclic) bond motifs is 2. The average Bonchev–Trinajstić information content (AvgIpc) is 3.66. The molecule has 2 atom stereocenters. The fourth-order valence-electron chi connectivity index (χ4n) is 10.1. The fourth-order valence-corrected chi connectivity index (χ4v) is 81.9. The molecule has 2 aliphatic rings. The van der Waals surface area contributed by atoms with E-state index in [4.69, 9.17) is 0 Å². The van der Waals surface area contributed by atoms with E-state index in [-0.39, 0.29) is 10.8 Å². The SMILES string of the molecule is CC(C)[Si](C(C)C)=[Hf]([CH3])([CH3])([CH]1C=Cc2c(-c3cccc(C(C)(C)C)c3)cccc21)[CH]1C=Cc2c(-c3cccc(C(C)(C)C)c3)cccc21. The van der Waals surface area contributed by atoms with Crippen LogP contribution in [0.1, 0.15) is 110 Å². The second-order valence-electron chi connectivity index (χ2n) is 18.3. The predicted molar refractivity (Wildman–Crippen MR) is 212 cm³/mol. The molecule has 0 spiro atoms. The van der Waals surface area contributed by atoms with Gasteiger partial charge in [-0.25, -0.2) is 0 Å². The van der Waals surface area contributed by atoms with E-state index >= 15 is 0 Å². The summed E-state index contributed by atoms with van der Waals surface area (Å²) in [6.45, 7) is 24.1. The number of hydrogen-bond acceptors (Lipinski definition) is 0. The molecule has 4 aromatic rings. The molecule has 2 heteroatoms. The molecule has 0 fully saturated rings. The Balaban J connectivity index is 1.56. The van der Waals surface area contributed by atoms with Gasteiger partial charge in [-0.15, -0.1) is 0 Å². The topological polar surface area (TPSA) is 0 Å². The van der Waals surface area contributed by atoms with E-state index in [0.29, 0.717) is 18.4 Å². The fraction of sp³-hybridized carbons (Fsp3) is 0.391. The van der Waals surface area contributed by atoms with E-state index in [1.54, 1.807) is 11.1 Å². The first kappa shape index (κ1) is 35.3. The molecule has 250 valence electrons. The normalized spacial score (nSPS) is 17.7. The quantitative estimate of drug-likeness (QED) is 0.170. The zero-order valence-electron chi connectivity index (χ0n) is 31.7. The van der Waals surface area contributed by atoms with Gasteiger partial charge in [0.25, 0.3) is 0 Å². The van der Waals surface area contributed by atoms with Crippen molar-refractivity contribution in [2.75, 3.05) is 0 Å². The van der Waals surface area contributed by atoms with Crippen molar-refractivity contribution in [2.45, 2.75) is 108 Å². The molecule has 0 bridgehead atoms. The van der Waals surface area contributed by atoms with Crippen molar-refractivity contribution in [3.8, 4) is 22.3 Å². The van der Waals surface area contributed by atoms with Gasteiger partial charge in [0.15, 0.2) is 0 Å². The van der Waals surface area contributed by atoms with E-state index in [9.17, 15) is 0 Å². The van der Waals surface area contributed by atoms with Gasteiger partial charge in [0.1, 0.15) is 0 Å². The Morgan fingerprint density at radius 2 is 0.917 bits per heavy atom. The monoisotopic (exact) mass is 818 g/mol. The summed E-state index contributed by atoms with van der Waals surface area (Å²) >= 11 is -4.02. The van der Waals surface area contributed by atoms with E-state index in [1.807, 2.05) is 0 Å². The van der Waals surface area contributed by atoms with Crippen LogP contribution in [0.25, 0.3) is 34.4 Å². The first-order chi connectivity index (χ1) is 22.4. The number of hydrogen-bond donors (Lipinski definition) is 0. The standard InChI is InChI=1S/2C19H19.C6H14Si.2CH3.Hf/c2*1-19(2,3)16-10-4-9-15(13-16)18-12-6-8-14-7-5-11-17(14)18;1-5(2)7-6(3)4;;;/h2*4-13H,1-3H3;5-6H,1-4H3;2*1H3;. The van der Waals surface area contributed by atoms with Crippen LogP contribution >= 0.6 is 0 Å². The predicted octanol–water partition coefficient (Wildman–Crippen LogP) is 14.0. The summed E-state index contributed by atoms with van der Waals surface area (Å²) in [5, 5.41) is 0. The van der Waals surface area contributed by atoms with Gasteiger partial charge in [0, 0.05) is 0 Å². The number of allylic oxidation sites excluding steroid dienone is 2. The maximum absolute atomic E-state index is 4.02. The van der Waals surface area contributed by atoms with Gasteiger partial charge >= 0.3 is 295 Å². The van der Waals surface area contributed by atoms with Crippen LogP contribution in [0.15, 0.2) is 97.1 Å². The molecular weight excluding hydrogens is 759 g/mol. The summed E-state index contributed by atoms with van der Waals surface area (Å²) in [4.78, 5) is 0. The van der Waals surface area contributed by atoms with Crippen LogP contribution < -0.4 is 0 Å². The van der Waals surface area contributed by atoms with Crippen molar-refractivity contribution in [3.63, 3.8) is 0 Å². The second kappa shape index (κ2) is 12.3. The van der Waals surface area contributed by atoms with Gasteiger partial charge in [-0.3, -0.25) is 0 Å². The Morgan fingerprint density at radius 1 is 0.542 bits per heavy atom. The summed E-state index contributed by atoms with van der Waals surface area (Å²) in [5.41, 5.74) is 15.3. The maximum atomic E-state index is 2.90. The van der Waals surface area contributed by atoms with Crippen LogP contribution in [0, 0.1) is 0 Å².